The van der Waals surface area contributed by atoms with Crippen LogP contribution in [0.25, 0.3) is 0 Å². The zero-order valence-electron chi connectivity index (χ0n) is 13.0. The molecule has 0 spiro atoms. The maximum absolute atomic E-state index is 12.3. The molecular formula is C17H26N2O2. The SMILES string of the molecule is CCOc1ccc(C(=O)NC2CCCC(CC)C2)cc1N. The number of ether oxygens (including phenoxy) is 1. The molecule has 0 heterocycles. The highest BCUT2D eigenvalue weighted by atomic mass is 16.5. The van der Waals surface area contributed by atoms with E-state index in [4.69, 9.17) is 10.5 Å². The van der Waals surface area contributed by atoms with Crippen molar-refractivity contribution < 1.29 is 9.53 Å². The molecule has 0 aliphatic heterocycles. The standard InChI is InChI=1S/C17H26N2O2/c1-3-12-6-5-7-14(10-12)19-17(20)13-8-9-16(21-4-2)15(18)11-13/h8-9,11-12,14H,3-7,10,18H2,1-2H3,(H,19,20). The summed E-state index contributed by atoms with van der Waals surface area (Å²) in [7, 11) is 0. The number of benzene rings is 1. The van der Waals surface area contributed by atoms with Gasteiger partial charge in [0.2, 0.25) is 0 Å². The quantitative estimate of drug-likeness (QED) is 0.817. The Morgan fingerprint density at radius 2 is 2.19 bits per heavy atom. The van der Waals surface area contributed by atoms with Gasteiger partial charge in [0.25, 0.3) is 5.91 Å². The first kappa shape index (κ1) is 15.7. The molecule has 1 aliphatic rings. The van der Waals surface area contributed by atoms with Crippen molar-refractivity contribution in [2.24, 2.45) is 5.92 Å². The molecular weight excluding hydrogens is 264 g/mol. The molecule has 0 bridgehead atoms. The molecule has 2 rings (SSSR count). The summed E-state index contributed by atoms with van der Waals surface area (Å²) in [5.41, 5.74) is 7.04. The lowest BCUT2D eigenvalue weighted by Gasteiger charge is -2.29. The number of carbonyl (C=O) groups excluding carboxylic acids is 1. The summed E-state index contributed by atoms with van der Waals surface area (Å²) < 4.78 is 5.39. The van der Waals surface area contributed by atoms with Crippen molar-refractivity contribution in [2.45, 2.75) is 52.0 Å². The predicted molar refractivity (Wildman–Crippen MR) is 85.5 cm³/mol. The predicted octanol–water partition coefficient (Wildman–Crippen LogP) is 3.37. The molecule has 1 saturated carbocycles. The van der Waals surface area contributed by atoms with Gasteiger partial charge in [0, 0.05) is 11.6 Å². The molecule has 0 aromatic heterocycles. The Morgan fingerprint density at radius 1 is 1.38 bits per heavy atom. The minimum absolute atomic E-state index is 0.0356. The molecule has 1 aliphatic carbocycles. The second kappa shape index (κ2) is 7.34. The van der Waals surface area contributed by atoms with E-state index in [1.165, 1.54) is 19.3 Å². The molecule has 1 aromatic rings. The van der Waals surface area contributed by atoms with Crippen LogP contribution in [0, 0.1) is 5.92 Å². The summed E-state index contributed by atoms with van der Waals surface area (Å²) in [6.45, 7) is 4.70. The molecule has 0 radical (unpaired) electrons. The summed E-state index contributed by atoms with van der Waals surface area (Å²) >= 11 is 0. The van der Waals surface area contributed by atoms with E-state index >= 15 is 0 Å². The van der Waals surface area contributed by atoms with Crippen LogP contribution in [-0.4, -0.2) is 18.6 Å². The van der Waals surface area contributed by atoms with Gasteiger partial charge < -0.3 is 15.8 Å². The van der Waals surface area contributed by atoms with Crippen LogP contribution in [0.2, 0.25) is 0 Å². The molecule has 2 unspecified atom stereocenters. The van der Waals surface area contributed by atoms with Crippen LogP contribution in [-0.2, 0) is 0 Å². The fourth-order valence-corrected chi connectivity index (χ4v) is 3.04. The highest BCUT2D eigenvalue weighted by Crippen LogP contribution is 2.27. The Hall–Kier alpha value is -1.71. The zero-order chi connectivity index (χ0) is 15.2. The molecule has 4 heteroatoms. The third-order valence-corrected chi connectivity index (χ3v) is 4.27. The van der Waals surface area contributed by atoms with Crippen LogP contribution in [0.3, 0.4) is 0 Å². The number of hydrogen-bond acceptors (Lipinski definition) is 3. The summed E-state index contributed by atoms with van der Waals surface area (Å²) in [4.78, 5) is 12.3. The highest BCUT2D eigenvalue weighted by Gasteiger charge is 2.22. The topological polar surface area (TPSA) is 64.3 Å². The third-order valence-electron chi connectivity index (χ3n) is 4.27. The fraction of sp³-hybridized carbons (Fsp3) is 0.588. The Balaban J connectivity index is 1.98. The first-order valence-electron chi connectivity index (χ1n) is 7.97. The van der Waals surface area contributed by atoms with Crippen LogP contribution < -0.4 is 15.8 Å². The van der Waals surface area contributed by atoms with Gasteiger partial charge in [-0.05, 0) is 43.9 Å². The molecule has 0 saturated heterocycles. The molecule has 4 nitrogen and oxygen atoms in total. The van der Waals surface area contributed by atoms with Gasteiger partial charge in [-0.15, -0.1) is 0 Å². The maximum Gasteiger partial charge on any atom is 0.251 e. The van der Waals surface area contributed by atoms with E-state index in [0.29, 0.717) is 29.6 Å². The number of rotatable bonds is 5. The number of carbonyl (C=O) groups is 1. The Kier molecular flexibility index (Phi) is 5.48. The zero-order valence-corrected chi connectivity index (χ0v) is 13.0. The normalized spacial score (nSPS) is 21.8. The molecule has 1 aromatic carbocycles. The van der Waals surface area contributed by atoms with E-state index in [0.717, 1.165) is 18.8 Å². The summed E-state index contributed by atoms with van der Waals surface area (Å²) in [5, 5.41) is 3.14. The number of anilines is 1. The first-order chi connectivity index (χ1) is 10.1. The van der Waals surface area contributed by atoms with Gasteiger partial charge in [0.15, 0.2) is 0 Å². The molecule has 1 fully saturated rings. The lowest BCUT2D eigenvalue weighted by Crippen LogP contribution is -2.38. The molecule has 21 heavy (non-hydrogen) atoms. The van der Waals surface area contributed by atoms with Crippen molar-refractivity contribution in [1.29, 1.82) is 0 Å². The smallest absolute Gasteiger partial charge is 0.251 e. The molecule has 116 valence electrons. The second-order valence-electron chi connectivity index (χ2n) is 5.80. The van der Waals surface area contributed by atoms with Crippen molar-refractivity contribution in [2.75, 3.05) is 12.3 Å². The lowest BCUT2D eigenvalue weighted by molar-refractivity contribution is 0.0919. The van der Waals surface area contributed by atoms with Crippen LogP contribution in [0.4, 0.5) is 5.69 Å². The molecule has 1 amide bonds. The Morgan fingerprint density at radius 3 is 2.86 bits per heavy atom. The average molecular weight is 290 g/mol. The van der Waals surface area contributed by atoms with E-state index in [9.17, 15) is 4.79 Å². The van der Waals surface area contributed by atoms with Crippen LogP contribution in [0.5, 0.6) is 5.75 Å². The van der Waals surface area contributed by atoms with E-state index in [2.05, 4.69) is 12.2 Å². The van der Waals surface area contributed by atoms with Crippen LogP contribution in [0.15, 0.2) is 18.2 Å². The van der Waals surface area contributed by atoms with E-state index in [-0.39, 0.29) is 5.91 Å². The van der Waals surface area contributed by atoms with Gasteiger partial charge in [0.1, 0.15) is 5.75 Å². The van der Waals surface area contributed by atoms with Gasteiger partial charge in [-0.3, -0.25) is 4.79 Å². The van der Waals surface area contributed by atoms with E-state index in [1.807, 2.05) is 6.92 Å². The fourth-order valence-electron chi connectivity index (χ4n) is 3.04. The number of nitrogens with one attached hydrogen (secondary N) is 1. The third kappa shape index (κ3) is 4.13. The Labute approximate surface area is 127 Å². The minimum atomic E-state index is -0.0356. The average Bonchev–Trinajstić information content (AvgIpc) is 2.49. The van der Waals surface area contributed by atoms with E-state index in [1.54, 1.807) is 18.2 Å². The largest absolute Gasteiger partial charge is 0.492 e. The highest BCUT2D eigenvalue weighted by molar-refractivity contribution is 5.95. The van der Waals surface area contributed by atoms with Crippen molar-refractivity contribution in [3.8, 4) is 5.75 Å². The van der Waals surface area contributed by atoms with Crippen molar-refractivity contribution >= 4 is 11.6 Å². The number of nitrogens with two attached hydrogens (primary N) is 1. The van der Waals surface area contributed by atoms with E-state index < -0.39 is 0 Å². The van der Waals surface area contributed by atoms with Crippen LogP contribution in [0.1, 0.15) is 56.3 Å². The first-order valence-corrected chi connectivity index (χ1v) is 7.97. The molecule has 3 N–H and O–H groups in total. The van der Waals surface area contributed by atoms with Crippen molar-refractivity contribution in [1.82, 2.24) is 5.32 Å². The van der Waals surface area contributed by atoms with Crippen molar-refractivity contribution in [3.63, 3.8) is 0 Å². The molecule has 2 atom stereocenters. The second-order valence-corrected chi connectivity index (χ2v) is 5.80. The number of hydrogen-bond donors (Lipinski definition) is 2. The van der Waals surface area contributed by atoms with Crippen molar-refractivity contribution in [3.05, 3.63) is 23.8 Å². The summed E-state index contributed by atoms with van der Waals surface area (Å²) in [6.07, 6.45) is 5.86. The summed E-state index contributed by atoms with van der Waals surface area (Å²) in [5.74, 6) is 1.35. The minimum Gasteiger partial charge on any atom is -0.492 e. The maximum atomic E-state index is 12.3. The van der Waals surface area contributed by atoms with Gasteiger partial charge in [-0.2, -0.15) is 0 Å². The Bertz CT molecular complexity index is 488. The van der Waals surface area contributed by atoms with Crippen LogP contribution >= 0.6 is 0 Å². The van der Waals surface area contributed by atoms with Gasteiger partial charge in [0.05, 0.1) is 12.3 Å². The van der Waals surface area contributed by atoms with Gasteiger partial charge in [-0.25, -0.2) is 0 Å². The summed E-state index contributed by atoms with van der Waals surface area (Å²) in [6, 6.07) is 5.53. The van der Waals surface area contributed by atoms with Gasteiger partial charge >= 0.3 is 0 Å². The number of amides is 1. The van der Waals surface area contributed by atoms with Gasteiger partial charge in [-0.1, -0.05) is 26.2 Å². The monoisotopic (exact) mass is 290 g/mol. The number of nitrogen functional groups attached to an aromatic ring is 1. The lowest BCUT2D eigenvalue weighted by atomic mass is 9.84.